The van der Waals surface area contributed by atoms with Crippen molar-refractivity contribution >= 4 is 16.9 Å². The van der Waals surface area contributed by atoms with E-state index >= 15 is 0 Å². The van der Waals surface area contributed by atoms with Crippen LogP contribution in [0.5, 0.6) is 5.75 Å². The summed E-state index contributed by atoms with van der Waals surface area (Å²) in [5, 5.41) is 18.8. The molecule has 1 aliphatic heterocycles. The van der Waals surface area contributed by atoms with E-state index in [1.54, 1.807) is 36.5 Å². The molecule has 0 bridgehead atoms. The van der Waals surface area contributed by atoms with E-state index in [0.717, 1.165) is 42.8 Å². The zero-order valence-electron chi connectivity index (χ0n) is 16.8. The SMILES string of the molecule is N#Cc1ccc(-c2nc3c(N4CCCCC4)ccnc3n2-c2ccc(O)cc2)cc1F. The van der Waals surface area contributed by atoms with Gasteiger partial charge in [0.05, 0.1) is 11.3 Å². The summed E-state index contributed by atoms with van der Waals surface area (Å²) in [5.41, 5.74) is 3.71. The highest BCUT2D eigenvalue weighted by atomic mass is 19.1. The molecule has 2 aromatic heterocycles. The second-order valence-corrected chi connectivity index (χ2v) is 7.64. The van der Waals surface area contributed by atoms with E-state index in [1.807, 2.05) is 16.7 Å². The van der Waals surface area contributed by atoms with Gasteiger partial charge in [-0.25, -0.2) is 14.4 Å². The Hall–Kier alpha value is -3.92. The summed E-state index contributed by atoms with van der Waals surface area (Å²) in [6.07, 6.45) is 5.27. The summed E-state index contributed by atoms with van der Waals surface area (Å²) in [5.74, 6) is 0.0932. The highest BCUT2D eigenvalue weighted by molar-refractivity contribution is 5.90. The summed E-state index contributed by atoms with van der Waals surface area (Å²) >= 11 is 0. The second kappa shape index (κ2) is 7.73. The summed E-state index contributed by atoms with van der Waals surface area (Å²) in [6.45, 7) is 1.93. The number of aromatic nitrogens is 3. The largest absolute Gasteiger partial charge is 0.508 e. The van der Waals surface area contributed by atoms with Gasteiger partial charge in [0.25, 0.3) is 0 Å². The van der Waals surface area contributed by atoms with Crippen molar-refractivity contribution < 1.29 is 9.50 Å². The third-order valence-electron chi connectivity index (χ3n) is 5.68. The van der Waals surface area contributed by atoms with Crippen molar-refractivity contribution in [3.8, 4) is 28.9 Å². The number of fused-ring (bicyclic) bond motifs is 1. The molecule has 0 spiro atoms. The first-order valence-electron chi connectivity index (χ1n) is 10.3. The van der Waals surface area contributed by atoms with Crippen molar-refractivity contribution in [1.29, 1.82) is 5.26 Å². The number of benzene rings is 2. The molecule has 0 saturated carbocycles. The van der Waals surface area contributed by atoms with Crippen molar-refractivity contribution in [2.75, 3.05) is 18.0 Å². The van der Waals surface area contributed by atoms with E-state index in [0.29, 0.717) is 17.0 Å². The monoisotopic (exact) mass is 413 g/mol. The number of nitrogens with zero attached hydrogens (tertiary/aromatic N) is 5. The van der Waals surface area contributed by atoms with Crippen LogP contribution in [-0.2, 0) is 0 Å². The molecule has 1 fully saturated rings. The van der Waals surface area contributed by atoms with Crippen LogP contribution in [0.15, 0.2) is 54.7 Å². The molecule has 0 unspecified atom stereocenters. The van der Waals surface area contributed by atoms with Gasteiger partial charge in [0, 0.05) is 30.5 Å². The highest BCUT2D eigenvalue weighted by Crippen LogP contribution is 2.34. The van der Waals surface area contributed by atoms with Gasteiger partial charge in [-0.05, 0) is 67.8 Å². The fraction of sp³-hybridized carbons (Fsp3) is 0.208. The highest BCUT2D eigenvalue weighted by Gasteiger charge is 2.22. The Labute approximate surface area is 178 Å². The van der Waals surface area contributed by atoms with E-state index < -0.39 is 5.82 Å². The van der Waals surface area contributed by atoms with Crippen molar-refractivity contribution in [1.82, 2.24) is 14.5 Å². The predicted octanol–water partition coefficient (Wildman–Crippen LogP) is 4.79. The topological polar surface area (TPSA) is 78.0 Å². The van der Waals surface area contributed by atoms with Crippen LogP contribution in [0.4, 0.5) is 10.1 Å². The molecule has 154 valence electrons. The first-order valence-corrected chi connectivity index (χ1v) is 10.3. The number of hydrogen-bond donors (Lipinski definition) is 1. The fourth-order valence-electron chi connectivity index (χ4n) is 4.13. The Morgan fingerprint density at radius 3 is 2.48 bits per heavy atom. The molecule has 6 nitrogen and oxygen atoms in total. The summed E-state index contributed by atoms with van der Waals surface area (Å²) in [4.78, 5) is 11.8. The Bertz CT molecular complexity index is 1300. The maximum atomic E-state index is 14.4. The van der Waals surface area contributed by atoms with Gasteiger partial charge in [0.15, 0.2) is 5.65 Å². The van der Waals surface area contributed by atoms with Crippen LogP contribution in [0.3, 0.4) is 0 Å². The lowest BCUT2D eigenvalue weighted by Crippen LogP contribution is -2.29. The van der Waals surface area contributed by atoms with Gasteiger partial charge in [0.1, 0.15) is 29.0 Å². The average molecular weight is 413 g/mol. The number of imidazole rings is 1. The Kier molecular flexibility index (Phi) is 4.75. The molecule has 3 heterocycles. The summed E-state index contributed by atoms with van der Waals surface area (Å²) in [6, 6.07) is 15.1. The Balaban J connectivity index is 1.77. The van der Waals surface area contributed by atoms with Crippen molar-refractivity contribution in [3.05, 3.63) is 66.1 Å². The van der Waals surface area contributed by atoms with Crippen LogP contribution >= 0.6 is 0 Å². The quantitative estimate of drug-likeness (QED) is 0.522. The lowest BCUT2D eigenvalue weighted by molar-refractivity contribution is 0.475. The van der Waals surface area contributed by atoms with Gasteiger partial charge in [-0.2, -0.15) is 5.26 Å². The van der Waals surface area contributed by atoms with Crippen molar-refractivity contribution in [2.24, 2.45) is 0 Å². The molecule has 0 amide bonds. The van der Waals surface area contributed by atoms with Gasteiger partial charge >= 0.3 is 0 Å². The zero-order valence-corrected chi connectivity index (χ0v) is 16.8. The minimum absolute atomic E-state index is 0.0109. The third kappa shape index (κ3) is 3.36. The summed E-state index contributed by atoms with van der Waals surface area (Å²) in [7, 11) is 0. The van der Waals surface area contributed by atoms with Gasteiger partial charge in [-0.1, -0.05) is 0 Å². The second-order valence-electron chi connectivity index (χ2n) is 7.64. The number of rotatable bonds is 3. The molecule has 1 saturated heterocycles. The predicted molar refractivity (Wildman–Crippen MR) is 117 cm³/mol. The van der Waals surface area contributed by atoms with E-state index in [4.69, 9.17) is 10.2 Å². The van der Waals surface area contributed by atoms with Crippen LogP contribution in [0.1, 0.15) is 24.8 Å². The normalized spacial score (nSPS) is 14.0. The van der Waals surface area contributed by atoms with E-state index in [1.165, 1.54) is 18.6 Å². The Morgan fingerprint density at radius 1 is 1.00 bits per heavy atom. The first kappa shape index (κ1) is 19.1. The molecular formula is C24H20FN5O. The molecule has 1 N–H and O–H groups in total. The summed E-state index contributed by atoms with van der Waals surface area (Å²) < 4.78 is 16.3. The molecule has 0 aliphatic carbocycles. The molecule has 7 heteroatoms. The minimum atomic E-state index is -0.589. The maximum Gasteiger partial charge on any atom is 0.167 e. The molecule has 31 heavy (non-hydrogen) atoms. The Morgan fingerprint density at radius 2 is 1.77 bits per heavy atom. The number of nitriles is 1. The van der Waals surface area contributed by atoms with E-state index in [2.05, 4.69) is 9.88 Å². The third-order valence-corrected chi connectivity index (χ3v) is 5.68. The van der Waals surface area contributed by atoms with Crippen LogP contribution in [-0.4, -0.2) is 32.7 Å². The number of halogens is 1. The molecular weight excluding hydrogens is 393 g/mol. The maximum absolute atomic E-state index is 14.4. The molecule has 1 aliphatic rings. The number of hydrogen-bond acceptors (Lipinski definition) is 5. The van der Waals surface area contributed by atoms with Gasteiger partial charge < -0.3 is 10.0 Å². The number of phenols is 1. The van der Waals surface area contributed by atoms with Crippen LogP contribution < -0.4 is 4.90 Å². The molecule has 0 atom stereocenters. The lowest BCUT2D eigenvalue weighted by Gasteiger charge is -2.28. The number of aromatic hydroxyl groups is 1. The molecule has 0 radical (unpaired) electrons. The fourth-order valence-corrected chi connectivity index (χ4v) is 4.13. The minimum Gasteiger partial charge on any atom is -0.508 e. The van der Waals surface area contributed by atoms with Crippen molar-refractivity contribution in [3.63, 3.8) is 0 Å². The standard InChI is InChI=1S/C24H20FN5O/c25-20-14-16(4-5-17(20)15-26)23-28-22-21(29-12-2-1-3-13-29)10-11-27-24(22)30(23)18-6-8-19(31)9-7-18/h4-11,14,31H,1-3,12-13H2. The van der Waals surface area contributed by atoms with E-state index in [9.17, 15) is 9.50 Å². The number of piperidine rings is 1. The molecule has 4 aromatic rings. The molecule has 2 aromatic carbocycles. The smallest absolute Gasteiger partial charge is 0.167 e. The molecule has 5 rings (SSSR count). The van der Waals surface area contributed by atoms with Gasteiger partial charge in [0.2, 0.25) is 0 Å². The number of phenolic OH excluding ortho intramolecular Hbond substituents is 1. The van der Waals surface area contributed by atoms with Crippen LogP contribution in [0.2, 0.25) is 0 Å². The first-order chi connectivity index (χ1) is 15.2. The average Bonchev–Trinajstić information content (AvgIpc) is 3.20. The number of anilines is 1. The van der Waals surface area contributed by atoms with Gasteiger partial charge in [-0.3, -0.25) is 4.57 Å². The van der Waals surface area contributed by atoms with Crippen molar-refractivity contribution in [2.45, 2.75) is 19.3 Å². The number of pyridine rings is 1. The van der Waals surface area contributed by atoms with Gasteiger partial charge in [-0.15, -0.1) is 0 Å². The van der Waals surface area contributed by atoms with E-state index in [-0.39, 0.29) is 11.3 Å². The lowest BCUT2D eigenvalue weighted by atomic mass is 10.1. The zero-order chi connectivity index (χ0) is 21.4. The van der Waals surface area contributed by atoms with Crippen LogP contribution in [0.25, 0.3) is 28.2 Å². The van der Waals surface area contributed by atoms with Crippen LogP contribution in [0, 0.1) is 17.1 Å².